The molecule has 0 heteroatoms. The molecule has 0 N–H and O–H groups in total. The molecule has 0 saturated heterocycles. The van der Waals surface area contributed by atoms with E-state index in [1.807, 2.05) is 0 Å². The molecule has 0 fully saturated rings. The Labute approximate surface area is 250 Å². The van der Waals surface area contributed by atoms with Gasteiger partial charge in [0.15, 0.2) is 0 Å². The van der Waals surface area contributed by atoms with E-state index < -0.39 is 0 Å². The minimum Gasteiger partial charge on any atom is -0.0654 e. The van der Waals surface area contributed by atoms with Crippen molar-refractivity contribution in [3.8, 4) is 33.4 Å². The van der Waals surface area contributed by atoms with Crippen molar-refractivity contribution in [2.24, 2.45) is 0 Å². The molecule has 0 radical (unpaired) electrons. The first kappa shape index (κ1) is 29.4. The molecular weight excluding hydrogens is 492 g/mol. The lowest BCUT2D eigenvalue weighted by atomic mass is 9.70. The summed E-state index contributed by atoms with van der Waals surface area (Å²) in [6, 6.07) is 28.8. The summed E-state index contributed by atoms with van der Waals surface area (Å²) in [5.74, 6) is 0. The Morgan fingerprint density at radius 1 is 0.415 bits per heavy atom. The van der Waals surface area contributed by atoms with Crippen LogP contribution in [0.25, 0.3) is 33.4 Å². The number of unbranched alkanes of at least 4 members (excludes halogenated alkanes) is 6. The Morgan fingerprint density at radius 3 is 1.17 bits per heavy atom. The summed E-state index contributed by atoms with van der Waals surface area (Å²) >= 11 is 0. The zero-order chi connectivity index (χ0) is 29.0. The number of benzene rings is 4. The predicted octanol–water partition coefficient (Wildman–Crippen LogP) is 12.5. The summed E-state index contributed by atoms with van der Waals surface area (Å²) in [4.78, 5) is 0. The molecule has 0 amide bonds. The van der Waals surface area contributed by atoms with Crippen LogP contribution >= 0.6 is 0 Å². The number of aryl methyl sites for hydroxylation is 4. The van der Waals surface area contributed by atoms with Crippen molar-refractivity contribution in [3.05, 3.63) is 106 Å². The molecule has 0 spiro atoms. The zero-order valence-corrected chi connectivity index (χ0v) is 26.5. The second-order valence-electron chi connectivity index (χ2n) is 13.0. The first-order chi connectivity index (χ1) is 19.8. The first-order valence-electron chi connectivity index (χ1n) is 16.3. The van der Waals surface area contributed by atoms with Gasteiger partial charge in [-0.3, -0.25) is 0 Å². The third-order valence-electron chi connectivity index (χ3n) is 9.38. The Balaban J connectivity index is 1.68. The molecule has 0 aliphatic heterocycles. The minimum absolute atomic E-state index is 0.0793. The molecule has 41 heavy (non-hydrogen) atoms. The van der Waals surface area contributed by atoms with Crippen molar-refractivity contribution in [1.82, 2.24) is 0 Å². The van der Waals surface area contributed by atoms with Gasteiger partial charge in [0.1, 0.15) is 0 Å². The summed E-state index contributed by atoms with van der Waals surface area (Å²) in [6.07, 6.45) is 12.9. The number of fused-ring (bicyclic) bond motifs is 3. The number of rotatable bonds is 12. The first-order valence-corrected chi connectivity index (χ1v) is 16.3. The van der Waals surface area contributed by atoms with Gasteiger partial charge in [-0.2, -0.15) is 0 Å². The van der Waals surface area contributed by atoms with Crippen LogP contribution in [0.1, 0.15) is 111 Å². The lowest BCUT2D eigenvalue weighted by Gasteiger charge is -2.33. The smallest absolute Gasteiger partial charge is 0.0215 e. The fourth-order valence-corrected chi connectivity index (χ4v) is 7.51. The molecule has 0 aromatic heterocycles. The standard InChI is InChI=1S/C41H50/c1-7-9-11-13-19-41(20-14-12-10-8-2)39-27-33(35-23-29(3)21-30(4)24-35)15-17-37(39)38-18-16-34(28-40(38)41)36-25-31(5)22-32(6)26-36/h15-18,21-28H,7-14,19-20H2,1-6H3. The van der Waals surface area contributed by atoms with Gasteiger partial charge in [0.05, 0.1) is 0 Å². The number of hydrogen-bond donors (Lipinski definition) is 0. The molecule has 1 aliphatic carbocycles. The maximum Gasteiger partial charge on any atom is 0.0215 e. The molecule has 4 aromatic rings. The monoisotopic (exact) mass is 542 g/mol. The van der Waals surface area contributed by atoms with Gasteiger partial charge in [0, 0.05) is 5.41 Å². The van der Waals surface area contributed by atoms with E-state index >= 15 is 0 Å². The molecule has 0 heterocycles. The highest BCUT2D eigenvalue weighted by Gasteiger charge is 2.42. The SMILES string of the molecule is CCCCCCC1(CCCCCC)c2cc(-c3cc(C)cc(C)c3)ccc2-c2ccc(-c3cc(C)cc(C)c3)cc21. The highest BCUT2D eigenvalue weighted by Crippen LogP contribution is 2.55. The molecular formula is C41H50. The van der Waals surface area contributed by atoms with E-state index in [1.165, 1.54) is 120 Å². The maximum absolute atomic E-state index is 2.58. The van der Waals surface area contributed by atoms with E-state index in [-0.39, 0.29) is 5.41 Å². The molecule has 0 unspecified atom stereocenters. The molecule has 1 aliphatic rings. The van der Waals surface area contributed by atoms with E-state index in [0.717, 1.165) is 0 Å². The Hall–Kier alpha value is -3.12. The second-order valence-corrected chi connectivity index (χ2v) is 13.0. The van der Waals surface area contributed by atoms with Crippen LogP contribution in [0.4, 0.5) is 0 Å². The van der Waals surface area contributed by atoms with Gasteiger partial charge in [0.25, 0.3) is 0 Å². The molecule has 0 atom stereocenters. The largest absolute Gasteiger partial charge is 0.0654 e. The van der Waals surface area contributed by atoms with Crippen molar-refractivity contribution in [2.45, 2.75) is 111 Å². The van der Waals surface area contributed by atoms with Crippen LogP contribution in [0.15, 0.2) is 72.8 Å². The summed E-state index contributed by atoms with van der Waals surface area (Å²) in [6.45, 7) is 13.5. The summed E-state index contributed by atoms with van der Waals surface area (Å²) in [7, 11) is 0. The van der Waals surface area contributed by atoms with Crippen molar-refractivity contribution < 1.29 is 0 Å². The van der Waals surface area contributed by atoms with Crippen LogP contribution in [0.2, 0.25) is 0 Å². The van der Waals surface area contributed by atoms with Gasteiger partial charge >= 0.3 is 0 Å². The summed E-state index contributed by atoms with van der Waals surface area (Å²) < 4.78 is 0. The van der Waals surface area contributed by atoms with Gasteiger partial charge in [-0.05, 0) is 97.2 Å². The van der Waals surface area contributed by atoms with Gasteiger partial charge in [-0.25, -0.2) is 0 Å². The molecule has 0 bridgehead atoms. The van der Waals surface area contributed by atoms with Crippen molar-refractivity contribution in [3.63, 3.8) is 0 Å². The van der Waals surface area contributed by atoms with Gasteiger partial charge in [0.2, 0.25) is 0 Å². The van der Waals surface area contributed by atoms with Crippen LogP contribution in [0.3, 0.4) is 0 Å². The van der Waals surface area contributed by atoms with Gasteiger partial charge in [-0.1, -0.05) is 148 Å². The zero-order valence-electron chi connectivity index (χ0n) is 26.5. The lowest BCUT2D eigenvalue weighted by Crippen LogP contribution is -2.25. The second kappa shape index (κ2) is 12.8. The molecule has 5 rings (SSSR count). The van der Waals surface area contributed by atoms with E-state index in [9.17, 15) is 0 Å². The van der Waals surface area contributed by atoms with Crippen LogP contribution < -0.4 is 0 Å². The minimum atomic E-state index is 0.0793. The van der Waals surface area contributed by atoms with E-state index in [2.05, 4.69) is 114 Å². The van der Waals surface area contributed by atoms with Crippen molar-refractivity contribution in [2.75, 3.05) is 0 Å². The topological polar surface area (TPSA) is 0 Å². The fourth-order valence-electron chi connectivity index (χ4n) is 7.51. The quantitative estimate of drug-likeness (QED) is 0.156. The lowest BCUT2D eigenvalue weighted by molar-refractivity contribution is 0.401. The Morgan fingerprint density at radius 2 is 0.805 bits per heavy atom. The molecule has 0 saturated carbocycles. The molecule has 0 nitrogen and oxygen atoms in total. The normalized spacial score (nSPS) is 13.3. The van der Waals surface area contributed by atoms with Crippen LogP contribution in [-0.2, 0) is 5.41 Å². The highest BCUT2D eigenvalue weighted by molar-refractivity contribution is 5.86. The molecule has 4 aromatic carbocycles. The summed E-state index contributed by atoms with van der Waals surface area (Å²) in [5, 5.41) is 0. The van der Waals surface area contributed by atoms with Crippen molar-refractivity contribution in [1.29, 1.82) is 0 Å². The third-order valence-corrected chi connectivity index (χ3v) is 9.38. The fraction of sp³-hybridized carbons (Fsp3) is 0.415. The third kappa shape index (κ3) is 6.23. The maximum atomic E-state index is 2.58. The predicted molar refractivity (Wildman–Crippen MR) is 180 cm³/mol. The Kier molecular flexibility index (Phi) is 9.18. The van der Waals surface area contributed by atoms with E-state index in [4.69, 9.17) is 0 Å². The average molecular weight is 543 g/mol. The van der Waals surface area contributed by atoms with Gasteiger partial charge in [-0.15, -0.1) is 0 Å². The van der Waals surface area contributed by atoms with E-state index in [0.29, 0.717) is 0 Å². The molecule has 214 valence electrons. The van der Waals surface area contributed by atoms with Gasteiger partial charge < -0.3 is 0 Å². The van der Waals surface area contributed by atoms with Crippen molar-refractivity contribution >= 4 is 0 Å². The average Bonchev–Trinajstić information content (AvgIpc) is 3.21. The van der Waals surface area contributed by atoms with E-state index in [1.54, 1.807) is 11.1 Å². The highest BCUT2D eigenvalue weighted by atomic mass is 14.5. The number of hydrogen-bond acceptors (Lipinski definition) is 0. The van der Waals surface area contributed by atoms with Crippen LogP contribution in [0, 0.1) is 27.7 Å². The van der Waals surface area contributed by atoms with Crippen LogP contribution in [-0.4, -0.2) is 0 Å². The van der Waals surface area contributed by atoms with Crippen LogP contribution in [0.5, 0.6) is 0 Å². The Bertz CT molecular complexity index is 1350. The summed E-state index contributed by atoms with van der Waals surface area (Å²) in [5.41, 5.74) is 17.0.